The maximum atomic E-state index is 11.7. The summed E-state index contributed by atoms with van der Waals surface area (Å²) < 4.78 is 1.68. The topological polar surface area (TPSA) is 76.0 Å². The molecule has 104 valence electrons. The number of aryl methyl sites for hydroxylation is 2. The van der Waals surface area contributed by atoms with E-state index in [4.69, 9.17) is 0 Å². The van der Waals surface area contributed by atoms with Crippen LogP contribution in [0.15, 0.2) is 42.7 Å². The number of rotatable bonds is 4. The molecule has 0 aliphatic carbocycles. The number of carbonyl (C=O) groups is 2. The highest BCUT2D eigenvalue weighted by Gasteiger charge is 2.07. The van der Waals surface area contributed by atoms with Crippen molar-refractivity contribution in [1.82, 2.24) is 20.6 Å². The number of hydrazine groups is 1. The molecule has 2 rings (SSSR count). The van der Waals surface area contributed by atoms with Crippen LogP contribution in [-0.4, -0.2) is 21.6 Å². The molecule has 0 spiro atoms. The van der Waals surface area contributed by atoms with E-state index in [9.17, 15) is 9.59 Å². The molecule has 2 amide bonds. The van der Waals surface area contributed by atoms with E-state index in [1.165, 1.54) is 0 Å². The molecule has 0 aliphatic heterocycles. The van der Waals surface area contributed by atoms with Crippen LogP contribution in [0.25, 0.3) is 0 Å². The van der Waals surface area contributed by atoms with Crippen molar-refractivity contribution >= 4 is 11.8 Å². The molecule has 1 heterocycles. The lowest BCUT2D eigenvalue weighted by atomic mass is 10.2. The smallest absolute Gasteiger partial charge is 0.269 e. The van der Waals surface area contributed by atoms with Crippen molar-refractivity contribution in [2.45, 2.75) is 12.8 Å². The first-order valence-corrected chi connectivity index (χ1v) is 6.27. The van der Waals surface area contributed by atoms with Crippen molar-refractivity contribution in [3.8, 4) is 0 Å². The Labute approximate surface area is 116 Å². The average molecular weight is 272 g/mol. The number of hydrogen-bond donors (Lipinski definition) is 2. The van der Waals surface area contributed by atoms with E-state index >= 15 is 0 Å². The van der Waals surface area contributed by atoms with Crippen LogP contribution >= 0.6 is 0 Å². The van der Waals surface area contributed by atoms with E-state index in [1.807, 2.05) is 19.3 Å². The van der Waals surface area contributed by atoms with Crippen molar-refractivity contribution in [3.05, 3.63) is 53.9 Å². The van der Waals surface area contributed by atoms with Gasteiger partial charge in [-0.25, -0.2) is 0 Å². The molecule has 0 bridgehead atoms. The van der Waals surface area contributed by atoms with E-state index in [0.717, 1.165) is 5.56 Å². The Hall–Kier alpha value is -2.63. The second-order valence-electron chi connectivity index (χ2n) is 4.39. The molecular formula is C14H16N4O2. The molecule has 1 aromatic carbocycles. The highest BCUT2D eigenvalue weighted by atomic mass is 16.2. The van der Waals surface area contributed by atoms with E-state index in [0.29, 0.717) is 18.4 Å². The summed E-state index contributed by atoms with van der Waals surface area (Å²) in [6.07, 6.45) is 4.45. The van der Waals surface area contributed by atoms with Gasteiger partial charge in [0.2, 0.25) is 5.91 Å². The lowest BCUT2D eigenvalue weighted by Crippen LogP contribution is -2.41. The number of hydrogen-bond acceptors (Lipinski definition) is 3. The Morgan fingerprint density at radius 1 is 1.20 bits per heavy atom. The summed E-state index contributed by atoms with van der Waals surface area (Å²) >= 11 is 0. The molecule has 0 saturated carbocycles. The number of benzene rings is 1. The van der Waals surface area contributed by atoms with Gasteiger partial charge in [0.05, 0.1) is 6.20 Å². The Morgan fingerprint density at radius 2 is 1.95 bits per heavy atom. The molecule has 0 atom stereocenters. The number of amides is 2. The largest absolute Gasteiger partial charge is 0.276 e. The van der Waals surface area contributed by atoms with Crippen LogP contribution < -0.4 is 10.9 Å². The van der Waals surface area contributed by atoms with Gasteiger partial charge in [-0.15, -0.1) is 0 Å². The summed E-state index contributed by atoms with van der Waals surface area (Å²) in [4.78, 5) is 23.3. The Balaban J connectivity index is 1.74. The molecule has 20 heavy (non-hydrogen) atoms. The van der Waals surface area contributed by atoms with Gasteiger partial charge < -0.3 is 0 Å². The minimum atomic E-state index is -0.333. The zero-order valence-electron chi connectivity index (χ0n) is 11.2. The van der Waals surface area contributed by atoms with Crippen molar-refractivity contribution in [2.75, 3.05) is 0 Å². The van der Waals surface area contributed by atoms with Crippen LogP contribution in [0, 0.1) is 0 Å². The lowest BCUT2D eigenvalue weighted by Gasteiger charge is -2.06. The van der Waals surface area contributed by atoms with Gasteiger partial charge >= 0.3 is 0 Å². The predicted molar refractivity (Wildman–Crippen MR) is 73.6 cm³/mol. The third kappa shape index (κ3) is 3.94. The van der Waals surface area contributed by atoms with Crippen LogP contribution in [0.3, 0.4) is 0 Å². The first kappa shape index (κ1) is 13.8. The van der Waals surface area contributed by atoms with Gasteiger partial charge in [0.25, 0.3) is 5.91 Å². The zero-order valence-corrected chi connectivity index (χ0v) is 11.2. The Bertz CT molecular complexity index is 592. The van der Waals surface area contributed by atoms with Crippen molar-refractivity contribution in [2.24, 2.45) is 7.05 Å². The predicted octanol–water partition coefficient (Wildman–Crippen LogP) is 0.814. The fraction of sp³-hybridized carbons (Fsp3) is 0.214. The maximum absolute atomic E-state index is 11.7. The molecule has 1 aromatic heterocycles. The molecule has 0 radical (unpaired) electrons. The van der Waals surface area contributed by atoms with Gasteiger partial charge in [0.1, 0.15) is 0 Å². The SMILES string of the molecule is Cn1cc(CCC(=O)NNC(=O)c2ccccc2)cn1. The third-order valence-electron chi connectivity index (χ3n) is 2.75. The molecule has 2 aromatic rings. The first-order chi connectivity index (χ1) is 9.65. The first-order valence-electron chi connectivity index (χ1n) is 6.27. The van der Waals surface area contributed by atoms with Gasteiger partial charge in [-0.05, 0) is 24.1 Å². The van der Waals surface area contributed by atoms with Gasteiger partial charge in [-0.1, -0.05) is 18.2 Å². The van der Waals surface area contributed by atoms with Gasteiger partial charge in [0.15, 0.2) is 0 Å². The number of nitrogens with zero attached hydrogens (tertiary/aromatic N) is 2. The number of nitrogens with one attached hydrogen (secondary N) is 2. The van der Waals surface area contributed by atoms with E-state index in [1.54, 1.807) is 35.1 Å². The minimum absolute atomic E-state index is 0.238. The van der Waals surface area contributed by atoms with Crippen molar-refractivity contribution < 1.29 is 9.59 Å². The number of carbonyl (C=O) groups excluding carboxylic acids is 2. The van der Waals surface area contributed by atoms with E-state index in [-0.39, 0.29) is 11.8 Å². The zero-order chi connectivity index (χ0) is 14.4. The van der Waals surface area contributed by atoms with Crippen LogP contribution in [0.4, 0.5) is 0 Å². The quantitative estimate of drug-likeness (QED) is 0.809. The van der Waals surface area contributed by atoms with Crippen LogP contribution in [0.2, 0.25) is 0 Å². The Kier molecular flexibility index (Phi) is 4.49. The second kappa shape index (κ2) is 6.51. The van der Waals surface area contributed by atoms with Gasteiger partial charge in [-0.2, -0.15) is 5.10 Å². The minimum Gasteiger partial charge on any atom is -0.276 e. The molecule has 2 N–H and O–H groups in total. The van der Waals surface area contributed by atoms with E-state index < -0.39 is 0 Å². The summed E-state index contributed by atoms with van der Waals surface area (Å²) in [6.45, 7) is 0. The van der Waals surface area contributed by atoms with Crippen molar-refractivity contribution in [1.29, 1.82) is 0 Å². The van der Waals surface area contributed by atoms with Gasteiger partial charge in [-0.3, -0.25) is 25.1 Å². The van der Waals surface area contributed by atoms with Crippen LogP contribution in [0.5, 0.6) is 0 Å². The summed E-state index contributed by atoms with van der Waals surface area (Å²) in [5.41, 5.74) is 6.26. The fourth-order valence-electron chi connectivity index (χ4n) is 1.71. The van der Waals surface area contributed by atoms with Crippen molar-refractivity contribution in [3.63, 3.8) is 0 Å². The highest BCUT2D eigenvalue weighted by molar-refractivity contribution is 5.95. The molecule has 6 heteroatoms. The summed E-state index contributed by atoms with van der Waals surface area (Å²) in [6, 6.07) is 8.70. The highest BCUT2D eigenvalue weighted by Crippen LogP contribution is 2.00. The monoisotopic (exact) mass is 272 g/mol. The number of aromatic nitrogens is 2. The van der Waals surface area contributed by atoms with E-state index in [2.05, 4.69) is 16.0 Å². The second-order valence-corrected chi connectivity index (χ2v) is 4.39. The molecule has 0 fully saturated rings. The third-order valence-corrected chi connectivity index (χ3v) is 2.75. The van der Waals surface area contributed by atoms with Gasteiger partial charge in [0, 0.05) is 25.2 Å². The summed E-state index contributed by atoms with van der Waals surface area (Å²) in [7, 11) is 1.82. The molecule has 0 unspecified atom stereocenters. The standard InChI is InChI=1S/C14H16N4O2/c1-18-10-11(9-15-18)7-8-13(19)16-17-14(20)12-5-3-2-4-6-12/h2-6,9-10H,7-8H2,1H3,(H,16,19)(H,17,20). The van der Waals surface area contributed by atoms with Crippen LogP contribution in [-0.2, 0) is 18.3 Å². The fourth-order valence-corrected chi connectivity index (χ4v) is 1.71. The Morgan fingerprint density at radius 3 is 2.60 bits per heavy atom. The summed E-state index contributed by atoms with van der Waals surface area (Å²) in [5.74, 6) is -0.571. The molecular weight excluding hydrogens is 256 g/mol. The lowest BCUT2D eigenvalue weighted by molar-refractivity contribution is -0.121. The molecule has 0 saturated heterocycles. The summed E-state index contributed by atoms with van der Waals surface area (Å²) in [5, 5.41) is 4.02. The normalized spacial score (nSPS) is 10.1. The maximum Gasteiger partial charge on any atom is 0.269 e. The van der Waals surface area contributed by atoms with Crippen LogP contribution in [0.1, 0.15) is 22.3 Å². The average Bonchev–Trinajstić information content (AvgIpc) is 2.89. The molecule has 6 nitrogen and oxygen atoms in total. The molecule has 0 aliphatic rings.